The molecule has 0 amide bonds. The molecule has 0 aromatic heterocycles. The standard InChI is InChI=1S/C63H114O5/c1-4-7-10-13-16-19-22-25-28-30-31-32-34-37-40-43-46-49-52-55-58-66-59-61(68-63(65)57-54-51-48-45-42-39-35-27-24-21-18-15-12-9-6-3)60-67-62(64)56-53-50-47-44-41-38-36-33-29-26-23-20-17-14-11-8-5-2/h16-17,19-20,25-29,35,61H,4-15,18,21-24,30-34,36-60H2,1-3H3/b19-16-,20-17-,28-25-,29-26-,35-27-. The third-order valence-electron chi connectivity index (χ3n) is 13.0. The lowest BCUT2D eigenvalue weighted by molar-refractivity contribution is -0.163. The topological polar surface area (TPSA) is 61.8 Å². The Kier molecular flexibility index (Phi) is 56.8. The molecule has 0 aliphatic heterocycles. The quantitative estimate of drug-likeness (QED) is 0.0345. The number of carbonyl (C=O) groups is 2. The molecule has 0 aliphatic carbocycles. The van der Waals surface area contributed by atoms with Crippen molar-refractivity contribution in [1.82, 2.24) is 0 Å². The molecule has 0 heterocycles. The molecule has 1 unspecified atom stereocenters. The first-order valence-corrected chi connectivity index (χ1v) is 29.8. The van der Waals surface area contributed by atoms with Gasteiger partial charge >= 0.3 is 11.9 Å². The third-order valence-corrected chi connectivity index (χ3v) is 13.0. The summed E-state index contributed by atoms with van der Waals surface area (Å²) in [7, 11) is 0. The molecule has 0 radical (unpaired) electrons. The molecule has 0 saturated carbocycles. The molecule has 0 rings (SSSR count). The molecule has 0 bridgehead atoms. The maximum absolute atomic E-state index is 12.9. The highest BCUT2D eigenvalue weighted by Gasteiger charge is 2.17. The second-order valence-corrected chi connectivity index (χ2v) is 19.9. The van der Waals surface area contributed by atoms with Crippen molar-refractivity contribution in [3.8, 4) is 0 Å². The van der Waals surface area contributed by atoms with E-state index < -0.39 is 6.10 Å². The highest BCUT2D eigenvalue weighted by molar-refractivity contribution is 5.70. The Balaban J connectivity index is 4.27. The lowest BCUT2D eigenvalue weighted by Gasteiger charge is -2.18. The fraction of sp³-hybridized carbons (Fsp3) is 0.810. The van der Waals surface area contributed by atoms with Gasteiger partial charge in [-0.3, -0.25) is 9.59 Å². The summed E-state index contributed by atoms with van der Waals surface area (Å²) in [5.41, 5.74) is 0. The van der Waals surface area contributed by atoms with Gasteiger partial charge in [-0.25, -0.2) is 0 Å². The molecule has 0 fully saturated rings. The Hall–Kier alpha value is -2.40. The second-order valence-electron chi connectivity index (χ2n) is 19.9. The average Bonchev–Trinajstić information content (AvgIpc) is 3.34. The van der Waals surface area contributed by atoms with Crippen LogP contribution in [0.25, 0.3) is 0 Å². The Morgan fingerprint density at radius 1 is 0.324 bits per heavy atom. The van der Waals surface area contributed by atoms with E-state index in [9.17, 15) is 9.59 Å². The van der Waals surface area contributed by atoms with Gasteiger partial charge in [-0.15, -0.1) is 0 Å². The van der Waals surface area contributed by atoms with Crippen molar-refractivity contribution in [3.63, 3.8) is 0 Å². The van der Waals surface area contributed by atoms with E-state index in [0.717, 1.165) is 70.6 Å². The zero-order valence-corrected chi connectivity index (χ0v) is 45.6. The van der Waals surface area contributed by atoms with Crippen LogP contribution in [-0.2, 0) is 23.8 Å². The van der Waals surface area contributed by atoms with E-state index in [2.05, 4.69) is 81.5 Å². The van der Waals surface area contributed by atoms with Gasteiger partial charge in [0.05, 0.1) is 6.61 Å². The predicted octanol–water partition coefficient (Wildman–Crippen LogP) is 20.5. The number of rotatable bonds is 55. The van der Waals surface area contributed by atoms with Crippen LogP contribution in [0.4, 0.5) is 0 Å². The smallest absolute Gasteiger partial charge is 0.306 e. The van der Waals surface area contributed by atoms with Gasteiger partial charge in [0.15, 0.2) is 6.10 Å². The molecule has 5 heteroatoms. The molecule has 0 N–H and O–H groups in total. The molecule has 1 atom stereocenters. The number of hydrogen-bond donors (Lipinski definition) is 0. The van der Waals surface area contributed by atoms with Crippen molar-refractivity contribution >= 4 is 11.9 Å². The minimum atomic E-state index is -0.547. The lowest BCUT2D eigenvalue weighted by Crippen LogP contribution is -2.30. The van der Waals surface area contributed by atoms with Crippen LogP contribution in [0.15, 0.2) is 60.8 Å². The molecule has 5 nitrogen and oxygen atoms in total. The first-order valence-electron chi connectivity index (χ1n) is 29.8. The first kappa shape index (κ1) is 65.6. The number of ether oxygens (including phenoxy) is 3. The van der Waals surface area contributed by atoms with Crippen molar-refractivity contribution in [3.05, 3.63) is 60.8 Å². The minimum absolute atomic E-state index is 0.0776. The maximum atomic E-state index is 12.9. The highest BCUT2D eigenvalue weighted by Crippen LogP contribution is 2.15. The Bertz CT molecular complexity index is 1170. The van der Waals surface area contributed by atoms with E-state index in [-0.39, 0.29) is 25.2 Å². The van der Waals surface area contributed by atoms with Crippen LogP contribution in [0.5, 0.6) is 0 Å². The van der Waals surface area contributed by atoms with E-state index in [4.69, 9.17) is 14.2 Å². The molecule has 0 aromatic carbocycles. The number of hydrogen-bond acceptors (Lipinski definition) is 5. The Labute approximate surface area is 424 Å². The van der Waals surface area contributed by atoms with Crippen LogP contribution >= 0.6 is 0 Å². The summed E-state index contributed by atoms with van der Waals surface area (Å²) < 4.78 is 17.5. The zero-order valence-electron chi connectivity index (χ0n) is 45.6. The van der Waals surface area contributed by atoms with E-state index in [1.807, 2.05) is 0 Å². The van der Waals surface area contributed by atoms with Gasteiger partial charge in [0.2, 0.25) is 0 Å². The third kappa shape index (κ3) is 56.2. The molecule has 396 valence electrons. The fourth-order valence-corrected chi connectivity index (χ4v) is 8.51. The van der Waals surface area contributed by atoms with Crippen LogP contribution in [0.1, 0.15) is 303 Å². The van der Waals surface area contributed by atoms with Gasteiger partial charge in [0.1, 0.15) is 6.61 Å². The largest absolute Gasteiger partial charge is 0.462 e. The first-order chi connectivity index (χ1) is 33.6. The monoisotopic (exact) mass is 951 g/mol. The van der Waals surface area contributed by atoms with Crippen molar-refractivity contribution in [1.29, 1.82) is 0 Å². The number of unbranched alkanes of at least 4 members (excludes halogenated alkanes) is 34. The summed E-state index contributed by atoms with van der Waals surface area (Å²) in [6, 6.07) is 0. The van der Waals surface area contributed by atoms with Gasteiger partial charge in [0, 0.05) is 19.4 Å². The van der Waals surface area contributed by atoms with Crippen LogP contribution in [-0.4, -0.2) is 37.9 Å². The van der Waals surface area contributed by atoms with Gasteiger partial charge in [-0.2, -0.15) is 0 Å². The molecular formula is C63H114O5. The molecule has 0 spiro atoms. The van der Waals surface area contributed by atoms with Gasteiger partial charge < -0.3 is 14.2 Å². The van der Waals surface area contributed by atoms with Crippen LogP contribution in [0.3, 0.4) is 0 Å². The fourth-order valence-electron chi connectivity index (χ4n) is 8.51. The maximum Gasteiger partial charge on any atom is 0.306 e. The van der Waals surface area contributed by atoms with Crippen LogP contribution in [0.2, 0.25) is 0 Å². The lowest BCUT2D eigenvalue weighted by atomic mass is 10.1. The van der Waals surface area contributed by atoms with Gasteiger partial charge in [0.25, 0.3) is 0 Å². The second kappa shape index (κ2) is 58.9. The van der Waals surface area contributed by atoms with Crippen LogP contribution in [0, 0.1) is 0 Å². The molecule has 0 aromatic rings. The van der Waals surface area contributed by atoms with Crippen molar-refractivity contribution in [2.75, 3.05) is 19.8 Å². The predicted molar refractivity (Wildman–Crippen MR) is 298 cm³/mol. The summed E-state index contributed by atoms with van der Waals surface area (Å²) in [6.07, 6.45) is 75.3. The Morgan fingerprint density at radius 3 is 1.01 bits per heavy atom. The number of esters is 2. The number of carbonyl (C=O) groups excluding carboxylic acids is 2. The van der Waals surface area contributed by atoms with Crippen molar-refractivity contribution in [2.45, 2.75) is 309 Å². The van der Waals surface area contributed by atoms with Gasteiger partial charge in [-0.05, 0) is 109 Å². The van der Waals surface area contributed by atoms with Crippen LogP contribution < -0.4 is 0 Å². The van der Waals surface area contributed by atoms with Crippen molar-refractivity contribution in [2.24, 2.45) is 0 Å². The van der Waals surface area contributed by atoms with E-state index in [1.54, 1.807) is 0 Å². The highest BCUT2D eigenvalue weighted by atomic mass is 16.6. The Morgan fingerprint density at radius 2 is 0.618 bits per heavy atom. The molecular weight excluding hydrogens is 837 g/mol. The van der Waals surface area contributed by atoms with Crippen molar-refractivity contribution < 1.29 is 23.8 Å². The summed E-state index contributed by atoms with van der Waals surface area (Å²) in [6.45, 7) is 7.79. The number of allylic oxidation sites excluding steroid dienone is 10. The summed E-state index contributed by atoms with van der Waals surface area (Å²) in [5, 5.41) is 0. The normalized spacial score (nSPS) is 12.6. The zero-order chi connectivity index (χ0) is 49.2. The van der Waals surface area contributed by atoms with E-state index in [0.29, 0.717) is 19.4 Å². The summed E-state index contributed by atoms with van der Waals surface area (Å²) >= 11 is 0. The van der Waals surface area contributed by atoms with E-state index >= 15 is 0 Å². The molecule has 0 saturated heterocycles. The molecule has 68 heavy (non-hydrogen) atoms. The minimum Gasteiger partial charge on any atom is -0.462 e. The summed E-state index contributed by atoms with van der Waals surface area (Å²) in [4.78, 5) is 25.5. The van der Waals surface area contributed by atoms with E-state index in [1.165, 1.54) is 199 Å². The average molecular weight is 952 g/mol. The summed E-state index contributed by atoms with van der Waals surface area (Å²) in [5.74, 6) is -0.406. The van der Waals surface area contributed by atoms with Gasteiger partial charge in [-0.1, -0.05) is 242 Å². The molecule has 0 aliphatic rings. The SMILES string of the molecule is CCCCC/C=C\C/C=C\CCCCCCCCCCCCOCC(COC(=O)CCCCCCCCC/C=C\C/C=C\CCCCC)OC(=O)CCCCCCC/C=C\CCCCCCCC.